The van der Waals surface area contributed by atoms with Crippen LogP contribution in [0.2, 0.25) is 0 Å². The smallest absolute Gasteiger partial charge is 0.338 e. The quantitative estimate of drug-likeness (QED) is 0.773. The Labute approximate surface area is 115 Å². The molecule has 0 atom stereocenters. The first-order chi connectivity index (χ1) is 8.74. The summed E-state index contributed by atoms with van der Waals surface area (Å²) in [4.78, 5) is 24.4. The number of thiophene rings is 1. The topological polar surface area (TPSA) is 89.9 Å². The van der Waals surface area contributed by atoms with Crippen LogP contribution in [0.15, 0.2) is 11.4 Å². The van der Waals surface area contributed by atoms with Crippen molar-refractivity contribution in [1.82, 2.24) is 4.90 Å². The number of urea groups is 1. The first-order valence-electron chi connectivity index (χ1n) is 5.83. The van der Waals surface area contributed by atoms with Crippen LogP contribution in [0.4, 0.5) is 9.80 Å². The number of carbonyl (C=O) groups is 2. The molecule has 0 spiro atoms. The van der Waals surface area contributed by atoms with Crippen LogP contribution in [0.3, 0.4) is 0 Å². The van der Waals surface area contributed by atoms with Crippen molar-refractivity contribution in [2.75, 3.05) is 18.4 Å². The molecule has 1 aromatic rings. The van der Waals surface area contributed by atoms with E-state index in [1.807, 2.05) is 0 Å². The molecule has 0 bridgehead atoms. The SMILES string of the molecule is CCN(CC(C)(C)O)C(=O)Nc1sccc1C(=O)O. The summed E-state index contributed by atoms with van der Waals surface area (Å²) >= 11 is 1.15. The van der Waals surface area contributed by atoms with Gasteiger partial charge in [-0.3, -0.25) is 5.32 Å². The van der Waals surface area contributed by atoms with E-state index in [9.17, 15) is 14.7 Å². The lowest BCUT2D eigenvalue weighted by Crippen LogP contribution is -2.44. The van der Waals surface area contributed by atoms with Gasteiger partial charge in [0.2, 0.25) is 0 Å². The molecule has 3 N–H and O–H groups in total. The Bertz CT molecular complexity index is 465. The van der Waals surface area contributed by atoms with E-state index in [0.717, 1.165) is 11.3 Å². The Morgan fingerprint density at radius 3 is 2.58 bits per heavy atom. The summed E-state index contributed by atoms with van der Waals surface area (Å²) in [7, 11) is 0. The number of carbonyl (C=O) groups excluding carboxylic acids is 1. The molecule has 106 valence electrons. The maximum Gasteiger partial charge on any atom is 0.338 e. The highest BCUT2D eigenvalue weighted by molar-refractivity contribution is 7.14. The third-order valence-electron chi connectivity index (χ3n) is 2.36. The Balaban J connectivity index is 2.77. The molecule has 0 unspecified atom stereocenters. The van der Waals surface area contributed by atoms with Crippen molar-refractivity contribution in [3.05, 3.63) is 17.0 Å². The lowest BCUT2D eigenvalue weighted by molar-refractivity contribution is 0.0500. The lowest BCUT2D eigenvalue weighted by atomic mass is 10.1. The molecule has 6 nitrogen and oxygen atoms in total. The number of rotatable bonds is 5. The second kappa shape index (κ2) is 6.03. The van der Waals surface area contributed by atoms with Crippen LogP contribution in [0, 0.1) is 0 Å². The number of nitrogens with one attached hydrogen (secondary N) is 1. The fourth-order valence-electron chi connectivity index (χ4n) is 1.54. The zero-order chi connectivity index (χ0) is 14.6. The Kier molecular flexibility index (Phi) is 4.90. The molecule has 19 heavy (non-hydrogen) atoms. The zero-order valence-corrected chi connectivity index (χ0v) is 12.0. The largest absolute Gasteiger partial charge is 0.478 e. The average molecular weight is 286 g/mol. The van der Waals surface area contributed by atoms with Gasteiger partial charge in [-0.05, 0) is 32.2 Å². The van der Waals surface area contributed by atoms with Gasteiger partial charge in [-0.1, -0.05) is 0 Å². The molecular weight excluding hydrogens is 268 g/mol. The second-order valence-corrected chi connectivity index (χ2v) is 5.64. The molecule has 1 rings (SSSR count). The van der Waals surface area contributed by atoms with E-state index >= 15 is 0 Å². The number of likely N-dealkylation sites (N-methyl/N-ethyl adjacent to an activating group) is 1. The van der Waals surface area contributed by atoms with Gasteiger partial charge in [-0.25, -0.2) is 9.59 Å². The summed E-state index contributed by atoms with van der Waals surface area (Å²) in [6, 6.07) is 1.02. The molecular formula is C12H18N2O4S. The van der Waals surface area contributed by atoms with Gasteiger partial charge in [0.15, 0.2) is 0 Å². The molecule has 0 saturated carbocycles. The van der Waals surface area contributed by atoms with Gasteiger partial charge in [0.1, 0.15) is 5.00 Å². The number of aliphatic hydroxyl groups is 1. The van der Waals surface area contributed by atoms with Crippen LogP contribution in [-0.4, -0.2) is 45.8 Å². The molecule has 7 heteroatoms. The number of anilines is 1. The first-order valence-corrected chi connectivity index (χ1v) is 6.71. The first kappa shape index (κ1) is 15.5. The van der Waals surface area contributed by atoms with Gasteiger partial charge < -0.3 is 15.1 Å². The average Bonchev–Trinajstić information content (AvgIpc) is 2.72. The van der Waals surface area contributed by atoms with Crippen molar-refractivity contribution in [3.8, 4) is 0 Å². The van der Waals surface area contributed by atoms with Gasteiger partial charge in [0, 0.05) is 6.54 Å². The minimum absolute atomic E-state index is 0.0673. The molecule has 0 aliphatic heterocycles. The van der Waals surface area contributed by atoms with Crippen LogP contribution < -0.4 is 5.32 Å². The minimum Gasteiger partial charge on any atom is -0.478 e. The van der Waals surface area contributed by atoms with Crippen molar-refractivity contribution in [2.45, 2.75) is 26.4 Å². The van der Waals surface area contributed by atoms with Gasteiger partial charge in [-0.2, -0.15) is 0 Å². The Morgan fingerprint density at radius 1 is 1.47 bits per heavy atom. The van der Waals surface area contributed by atoms with E-state index in [1.165, 1.54) is 11.0 Å². The van der Waals surface area contributed by atoms with E-state index in [4.69, 9.17) is 5.11 Å². The highest BCUT2D eigenvalue weighted by Crippen LogP contribution is 2.23. The molecule has 0 aliphatic carbocycles. The number of aromatic carboxylic acids is 1. The van der Waals surface area contributed by atoms with Gasteiger partial charge in [0.25, 0.3) is 0 Å². The number of carboxylic acid groups (broad SMARTS) is 1. The molecule has 1 heterocycles. The maximum absolute atomic E-state index is 12.0. The fourth-order valence-corrected chi connectivity index (χ4v) is 2.31. The predicted octanol–water partition coefficient (Wildman–Crippen LogP) is 2.07. The van der Waals surface area contributed by atoms with Crippen LogP contribution in [0.25, 0.3) is 0 Å². The van der Waals surface area contributed by atoms with Crippen LogP contribution in [0.5, 0.6) is 0 Å². The molecule has 0 aliphatic rings. The van der Waals surface area contributed by atoms with Gasteiger partial charge in [0.05, 0.1) is 17.7 Å². The van der Waals surface area contributed by atoms with Crippen molar-refractivity contribution in [3.63, 3.8) is 0 Å². The van der Waals surface area contributed by atoms with Gasteiger partial charge in [-0.15, -0.1) is 11.3 Å². The molecule has 0 fully saturated rings. The molecule has 2 amide bonds. The molecule has 0 saturated heterocycles. The number of hydrogen-bond donors (Lipinski definition) is 3. The number of amides is 2. The Morgan fingerprint density at radius 2 is 2.11 bits per heavy atom. The summed E-state index contributed by atoms with van der Waals surface area (Å²) in [6.45, 7) is 5.60. The maximum atomic E-state index is 12.0. The third-order valence-corrected chi connectivity index (χ3v) is 3.19. The van der Waals surface area contributed by atoms with Crippen molar-refractivity contribution < 1.29 is 19.8 Å². The molecule has 1 aromatic heterocycles. The van der Waals surface area contributed by atoms with E-state index < -0.39 is 17.6 Å². The number of nitrogens with zero attached hydrogens (tertiary/aromatic N) is 1. The summed E-state index contributed by atoms with van der Waals surface area (Å²) < 4.78 is 0. The van der Waals surface area contributed by atoms with Crippen LogP contribution in [0.1, 0.15) is 31.1 Å². The molecule has 0 aromatic carbocycles. The second-order valence-electron chi connectivity index (χ2n) is 4.73. The van der Waals surface area contributed by atoms with Crippen molar-refractivity contribution >= 4 is 28.3 Å². The summed E-state index contributed by atoms with van der Waals surface area (Å²) in [5.41, 5.74) is -0.934. The summed E-state index contributed by atoms with van der Waals surface area (Å²) in [5, 5.41) is 23.1. The van der Waals surface area contributed by atoms with E-state index in [0.29, 0.717) is 11.5 Å². The van der Waals surface area contributed by atoms with Crippen molar-refractivity contribution in [1.29, 1.82) is 0 Å². The summed E-state index contributed by atoms with van der Waals surface area (Å²) in [6.07, 6.45) is 0. The lowest BCUT2D eigenvalue weighted by Gasteiger charge is -2.28. The highest BCUT2D eigenvalue weighted by atomic mass is 32.1. The number of hydrogen-bond acceptors (Lipinski definition) is 4. The standard InChI is InChI=1S/C12H18N2O4S/c1-4-14(7-12(2,3)18)11(17)13-9-8(10(15)16)5-6-19-9/h5-6,18H,4,7H2,1-3H3,(H,13,17)(H,15,16). The van der Waals surface area contributed by atoms with Gasteiger partial charge >= 0.3 is 12.0 Å². The monoisotopic (exact) mass is 286 g/mol. The highest BCUT2D eigenvalue weighted by Gasteiger charge is 2.22. The minimum atomic E-state index is -1.08. The van der Waals surface area contributed by atoms with Crippen LogP contribution >= 0.6 is 11.3 Å². The van der Waals surface area contributed by atoms with E-state index in [2.05, 4.69) is 5.32 Å². The summed E-state index contributed by atoms with van der Waals surface area (Å²) in [5.74, 6) is -1.08. The third kappa shape index (κ3) is 4.53. The zero-order valence-electron chi connectivity index (χ0n) is 11.1. The Hall–Kier alpha value is -1.60. The normalized spacial score (nSPS) is 11.2. The van der Waals surface area contributed by atoms with E-state index in [1.54, 1.807) is 26.2 Å². The number of carboxylic acids is 1. The van der Waals surface area contributed by atoms with Crippen LogP contribution in [-0.2, 0) is 0 Å². The fraction of sp³-hybridized carbons (Fsp3) is 0.500. The van der Waals surface area contributed by atoms with E-state index in [-0.39, 0.29) is 12.1 Å². The van der Waals surface area contributed by atoms with Crippen molar-refractivity contribution in [2.24, 2.45) is 0 Å². The predicted molar refractivity (Wildman–Crippen MR) is 73.8 cm³/mol. The molecule has 0 radical (unpaired) electrons.